The van der Waals surface area contributed by atoms with Crippen molar-refractivity contribution >= 4 is 27.9 Å². The van der Waals surface area contributed by atoms with E-state index in [9.17, 15) is 10.1 Å². The van der Waals surface area contributed by atoms with Crippen LogP contribution in [0.2, 0.25) is 0 Å². The molecular weight excluding hydrogens is 288 g/mol. The van der Waals surface area contributed by atoms with E-state index in [0.717, 1.165) is 25.9 Å². The summed E-state index contributed by atoms with van der Waals surface area (Å²) in [5, 5.41) is 13.2. The molecule has 1 saturated carbocycles. The van der Waals surface area contributed by atoms with Gasteiger partial charge in [-0.1, -0.05) is 24.2 Å². The molecule has 0 radical (unpaired) electrons. The Hall–Kier alpha value is -1.63. The molecule has 4 rings (SSSR count). The number of hydrogen-bond donors (Lipinski definition) is 0. The van der Waals surface area contributed by atoms with E-state index in [-0.39, 0.29) is 10.7 Å². The number of thiazole rings is 1. The molecule has 2 aliphatic rings. The zero-order valence-electron chi connectivity index (χ0n) is 11.8. The van der Waals surface area contributed by atoms with E-state index in [4.69, 9.17) is 0 Å². The van der Waals surface area contributed by atoms with Crippen LogP contribution in [0.1, 0.15) is 38.5 Å². The molecule has 0 amide bonds. The largest absolute Gasteiger partial charge is 0.373 e. The van der Waals surface area contributed by atoms with Crippen molar-refractivity contribution in [3.63, 3.8) is 0 Å². The first-order valence-corrected chi connectivity index (χ1v) is 8.41. The predicted molar refractivity (Wildman–Crippen MR) is 82.1 cm³/mol. The lowest BCUT2D eigenvalue weighted by molar-refractivity contribution is -0.389. The molecule has 0 N–H and O–H groups in total. The van der Waals surface area contributed by atoms with Gasteiger partial charge in [0.15, 0.2) is 0 Å². The summed E-state index contributed by atoms with van der Waals surface area (Å²) < 4.78 is 1.60. The number of aromatic nitrogens is 2. The Bertz CT molecular complexity index is 676. The summed E-state index contributed by atoms with van der Waals surface area (Å²) in [4.78, 5) is 18.4. The molecule has 0 bridgehead atoms. The normalized spacial score (nSPS) is 21.4. The fraction of sp³-hybridized carbons (Fsp3) is 0.643. The van der Waals surface area contributed by atoms with Gasteiger partial charge in [-0.05, 0) is 36.0 Å². The third-order valence-electron chi connectivity index (χ3n) is 5.18. The highest BCUT2D eigenvalue weighted by Gasteiger charge is 2.39. The van der Waals surface area contributed by atoms with Crippen LogP contribution in [0.5, 0.6) is 0 Å². The number of rotatable bonds is 2. The van der Waals surface area contributed by atoms with Crippen LogP contribution in [0.15, 0.2) is 11.6 Å². The molecule has 1 saturated heterocycles. The minimum atomic E-state index is -0.304. The van der Waals surface area contributed by atoms with Gasteiger partial charge in [0, 0.05) is 18.5 Å². The van der Waals surface area contributed by atoms with Gasteiger partial charge in [0.2, 0.25) is 5.82 Å². The predicted octanol–water partition coefficient (Wildman–Crippen LogP) is 3.46. The van der Waals surface area contributed by atoms with E-state index in [1.807, 2.05) is 5.38 Å². The van der Waals surface area contributed by atoms with Gasteiger partial charge in [0.25, 0.3) is 4.96 Å². The van der Waals surface area contributed by atoms with E-state index in [2.05, 4.69) is 9.88 Å². The first kappa shape index (κ1) is 13.1. The highest BCUT2D eigenvalue weighted by Crippen LogP contribution is 2.47. The van der Waals surface area contributed by atoms with Gasteiger partial charge in [-0.2, -0.15) is 9.38 Å². The minimum absolute atomic E-state index is 0.119. The van der Waals surface area contributed by atoms with Crippen molar-refractivity contribution in [3.8, 4) is 0 Å². The van der Waals surface area contributed by atoms with E-state index in [1.54, 1.807) is 10.6 Å². The summed E-state index contributed by atoms with van der Waals surface area (Å²) in [6, 6.07) is 0. The summed E-state index contributed by atoms with van der Waals surface area (Å²) in [6.45, 7) is 1.79. The van der Waals surface area contributed by atoms with Crippen LogP contribution in [0.3, 0.4) is 0 Å². The molecule has 2 fully saturated rings. The summed E-state index contributed by atoms with van der Waals surface area (Å²) in [7, 11) is 0. The fourth-order valence-electron chi connectivity index (χ4n) is 3.96. The second-order valence-corrected chi connectivity index (χ2v) is 7.14. The zero-order chi connectivity index (χ0) is 14.4. The van der Waals surface area contributed by atoms with Crippen LogP contribution in [0.25, 0.3) is 4.96 Å². The molecule has 2 aromatic rings. The van der Waals surface area contributed by atoms with Crippen LogP contribution >= 0.6 is 11.3 Å². The molecule has 7 heteroatoms. The molecule has 112 valence electrons. The maximum atomic E-state index is 11.4. The molecule has 1 aliphatic heterocycles. The Kier molecular flexibility index (Phi) is 2.92. The smallest absolute Gasteiger partial charge is 0.358 e. The third-order valence-corrected chi connectivity index (χ3v) is 5.94. The highest BCUT2D eigenvalue weighted by atomic mass is 32.1. The monoisotopic (exact) mass is 306 g/mol. The van der Waals surface area contributed by atoms with Crippen LogP contribution in [0.4, 0.5) is 11.6 Å². The molecule has 0 atom stereocenters. The van der Waals surface area contributed by atoms with Crippen molar-refractivity contribution in [2.75, 3.05) is 18.0 Å². The Morgan fingerprint density at radius 3 is 2.62 bits per heavy atom. The van der Waals surface area contributed by atoms with E-state index in [1.165, 1.54) is 37.0 Å². The van der Waals surface area contributed by atoms with Gasteiger partial charge in [-0.3, -0.25) is 0 Å². The lowest BCUT2D eigenvalue weighted by Crippen LogP contribution is -2.39. The first-order chi connectivity index (χ1) is 10.2. The molecule has 1 aliphatic carbocycles. The Morgan fingerprint density at radius 2 is 1.95 bits per heavy atom. The van der Waals surface area contributed by atoms with Crippen LogP contribution in [-0.2, 0) is 0 Å². The van der Waals surface area contributed by atoms with Crippen LogP contribution in [-0.4, -0.2) is 27.4 Å². The maximum absolute atomic E-state index is 11.4. The lowest BCUT2D eigenvalue weighted by atomic mass is 9.77. The first-order valence-electron chi connectivity index (χ1n) is 7.53. The summed E-state index contributed by atoms with van der Waals surface area (Å²) in [5.41, 5.74) is 0.516. The van der Waals surface area contributed by atoms with Crippen molar-refractivity contribution in [2.45, 2.75) is 38.5 Å². The molecule has 0 unspecified atom stereocenters. The molecule has 2 aromatic heterocycles. The second kappa shape index (κ2) is 4.69. The zero-order valence-corrected chi connectivity index (χ0v) is 12.6. The van der Waals surface area contributed by atoms with Gasteiger partial charge >= 0.3 is 5.82 Å². The average molecular weight is 306 g/mol. The quantitative estimate of drug-likeness (QED) is 0.629. The number of piperidine rings is 1. The lowest BCUT2D eigenvalue weighted by Gasteiger charge is -2.39. The number of fused-ring (bicyclic) bond motifs is 1. The molecule has 1 spiro atoms. The maximum Gasteiger partial charge on any atom is 0.373 e. The van der Waals surface area contributed by atoms with Gasteiger partial charge in [-0.25, -0.2) is 0 Å². The molecule has 0 aromatic carbocycles. The molecular formula is C14H18N4O2S. The topological polar surface area (TPSA) is 63.7 Å². The standard InChI is InChI=1S/C14H18N4O2S/c19-18(20)12-11(15-13-17(12)9-10-21-13)16-7-5-14(6-8-16)3-1-2-4-14/h9-10H,1-8H2. The molecule has 6 nitrogen and oxygen atoms in total. The summed E-state index contributed by atoms with van der Waals surface area (Å²) in [5.74, 6) is 0.674. The van der Waals surface area contributed by atoms with Gasteiger partial charge < -0.3 is 15.0 Å². The Balaban J connectivity index is 1.63. The van der Waals surface area contributed by atoms with E-state index in [0.29, 0.717) is 16.2 Å². The van der Waals surface area contributed by atoms with Crippen molar-refractivity contribution in [1.82, 2.24) is 9.38 Å². The Morgan fingerprint density at radius 1 is 1.24 bits per heavy atom. The minimum Gasteiger partial charge on any atom is -0.358 e. The van der Waals surface area contributed by atoms with Crippen molar-refractivity contribution in [3.05, 3.63) is 21.7 Å². The third kappa shape index (κ3) is 2.02. The summed E-state index contributed by atoms with van der Waals surface area (Å²) in [6.07, 6.45) is 9.39. The number of nitrogens with zero attached hydrogens (tertiary/aromatic N) is 4. The van der Waals surface area contributed by atoms with Crippen molar-refractivity contribution in [1.29, 1.82) is 0 Å². The van der Waals surface area contributed by atoms with E-state index < -0.39 is 0 Å². The second-order valence-electron chi connectivity index (χ2n) is 6.27. The van der Waals surface area contributed by atoms with Gasteiger partial charge in [0.1, 0.15) is 6.20 Å². The summed E-state index contributed by atoms with van der Waals surface area (Å²) >= 11 is 1.44. The van der Waals surface area contributed by atoms with Crippen molar-refractivity contribution in [2.24, 2.45) is 5.41 Å². The highest BCUT2D eigenvalue weighted by molar-refractivity contribution is 7.15. The fourth-order valence-corrected chi connectivity index (χ4v) is 4.67. The Labute approximate surface area is 126 Å². The number of hydrogen-bond acceptors (Lipinski definition) is 5. The van der Waals surface area contributed by atoms with Gasteiger partial charge in [0.05, 0.1) is 0 Å². The van der Waals surface area contributed by atoms with E-state index >= 15 is 0 Å². The van der Waals surface area contributed by atoms with Crippen LogP contribution < -0.4 is 4.90 Å². The molecule has 3 heterocycles. The molecule has 21 heavy (non-hydrogen) atoms. The average Bonchev–Trinajstić information content (AvgIpc) is 3.14. The number of anilines is 1. The SMILES string of the molecule is O=[N+]([O-])c1c(N2CCC3(CCCC3)CC2)nc2sccn12. The number of imidazole rings is 1. The number of nitro groups is 1. The van der Waals surface area contributed by atoms with Crippen LogP contribution in [0, 0.1) is 15.5 Å². The van der Waals surface area contributed by atoms with Gasteiger partial charge in [-0.15, -0.1) is 0 Å². The van der Waals surface area contributed by atoms with Crippen molar-refractivity contribution < 1.29 is 4.92 Å².